The van der Waals surface area contributed by atoms with E-state index < -0.39 is 0 Å². The molecule has 24 heavy (non-hydrogen) atoms. The van der Waals surface area contributed by atoms with Gasteiger partial charge in [-0.1, -0.05) is 31.4 Å². The van der Waals surface area contributed by atoms with E-state index in [1.165, 1.54) is 32.1 Å². The summed E-state index contributed by atoms with van der Waals surface area (Å²) in [4.78, 5) is 14.5. The third-order valence-electron chi connectivity index (χ3n) is 4.62. The highest BCUT2D eigenvalue weighted by Crippen LogP contribution is 2.21. The molecule has 0 radical (unpaired) electrons. The molecule has 138 valence electrons. The van der Waals surface area contributed by atoms with E-state index in [1.54, 1.807) is 0 Å². The molecule has 0 aliphatic heterocycles. The first-order valence-electron chi connectivity index (χ1n) is 8.48. The molecule has 0 atom stereocenters. The summed E-state index contributed by atoms with van der Waals surface area (Å²) in [6, 6.07) is 8.24. The van der Waals surface area contributed by atoms with Crippen molar-refractivity contribution in [3.8, 4) is 0 Å². The number of benzene rings is 1. The quantitative estimate of drug-likeness (QED) is 0.718. The van der Waals surface area contributed by atoms with Gasteiger partial charge in [-0.2, -0.15) is 0 Å². The molecular formula is C18H31Cl2N3O. The number of nitrogens with one attached hydrogen (secondary N) is 1. The summed E-state index contributed by atoms with van der Waals surface area (Å²) >= 11 is 0. The fourth-order valence-corrected chi connectivity index (χ4v) is 3.13. The average Bonchev–Trinajstić information content (AvgIpc) is 2.59. The zero-order valence-electron chi connectivity index (χ0n) is 14.5. The van der Waals surface area contributed by atoms with Crippen molar-refractivity contribution in [2.24, 2.45) is 5.73 Å². The van der Waals surface area contributed by atoms with Crippen molar-refractivity contribution in [2.75, 3.05) is 20.1 Å². The van der Waals surface area contributed by atoms with Crippen molar-refractivity contribution in [2.45, 2.75) is 51.1 Å². The van der Waals surface area contributed by atoms with Crippen LogP contribution in [0.25, 0.3) is 0 Å². The Morgan fingerprint density at radius 3 is 2.38 bits per heavy atom. The fraction of sp³-hybridized carbons (Fsp3) is 0.611. The lowest BCUT2D eigenvalue weighted by atomic mass is 9.94. The second-order valence-corrected chi connectivity index (χ2v) is 6.28. The monoisotopic (exact) mass is 375 g/mol. The maximum absolute atomic E-state index is 12.0. The number of carbonyl (C=O) groups excluding carboxylic acids is 1. The van der Waals surface area contributed by atoms with Crippen LogP contribution in [0.4, 0.5) is 0 Å². The smallest absolute Gasteiger partial charge is 0.251 e. The molecule has 0 saturated heterocycles. The molecule has 6 heteroatoms. The SMILES string of the molecule is CN(CCCNC(=O)c1ccc(CN)cc1)C1CCCCC1.Cl.Cl. The zero-order chi connectivity index (χ0) is 15.8. The number of rotatable bonds is 7. The normalized spacial score (nSPS) is 14.6. The number of nitrogens with two attached hydrogens (primary N) is 1. The van der Waals surface area contributed by atoms with E-state index in [4.69, 9.17) is 5.73 Å². The molecule has 0 unspecified atom stereocenters. The molecule has 1 fully saturated rings. The van der Waals surface area contributed by atoms with Gasteiger partial charge in [-0.3, -0.25) is 4.79 Å². The summed E-state index contributed by atoms with van der Waals surface area (Å²) in [5, 5.41) is 3.00. The van der Waals surface area contributed by atoms with Gasteiger partial charge < -0.3 is 16.0 Å². The minimum Gasteiger partial charge on any atom is -0.352 e. The van der Waals surface area contributed by atoms with Gasteiger partial charge in [0.05, 0.1) is 0 Å². The Bertz CT molecular complexity index is 462. The summed E-state index contributed by atoms with van der Waals surface area (Å²) in [5.74, 6) is 0.00360. The second-order valence-electron chi connectivity index (χ2n) is 6.28. The van der Waals surface area contributed by atoms with Crippen molar-refractivity contribution in [1.82, 2.24) is 10.2 Å². The van der Waals surface area contributed by atoms with Crippen molar-refractivity contribution >= 4 is 30.7 Å². The van der Waals surface area contributed by atoms with Crippen molar-refractivity contribution in [1.29, 1.82) is 0 Å². The van der Waals surface area contributed by atoms with E-state index in [0.29, 0.717) is 12.1 Å². The van der Waals surface area contributed by atoms with Crippen LogP contribution in [0.2, 0.25) is 0 Å². The lowest BCUT2D eigenvalue weighted by Crippen LogP contribution is -2.35. The third kappa shape index (κ3) is 7.39. The first-order chi connectivity index (χ1) is 10.7. The van der Waals surface area contributed by atoms with Crippen LogP contribution in [0.3, 0.4) is 0 Å². The highest BCUT2D eigenvalue weighted by Gasteiger charge is 2.17. The Hall–Kier alpha value is -0.810. The van der Waals surface area contributed by atoms with E-state index in [0.717, 1.165) is 31.1 Å². The molecule has 1 aromatic rings. The van der Waals surface area contributed by atoms with Crippen molar-refractivity contribution < 1.29 is 4.79 Å². The third-order valence-corrected chi connectivity index (χ3v) is 4.62. The van der Waals surface area contributed by atoms with Gasteiger partial charge in [-0.05, 0) is 50.6 Å². The molecule has 3 N–H and O–H groups in total. The molecule has 1 saturated carbocycles. The van der Waals surface area contributed by atoms with Crippen LogP contribution in [0, 0.1) is 0 Å². The molecule has 0 bridgehead atoms. The number of amides is 1. The van der Waals surface area contributed by atoms with E-state index in [-0.39, 0.29) is 30.7 Å². The summed E-state index contributed by atoms with van der Waals surface area (Å²) in [5.41, 5.74) is 7.31. The van der Waals surface area contributed by atoms with Gasteiger partial charge in [0.2, 0.25) is 0 Å². The van der Waals surface area contributed by atoms with Gasteiger partial charge >= 0.3 is 0 Å². The standard InChI is InChI=1S/C18H29N3O.2ClH/c1-21(17-6-3-2-4-7-17)13-5-12-20-18(22)16-10-8-15(14-19)9-11-16;;/h8-11,17H,2-7,12-14,19H2,1H3,(H,20,22);2*1H. The lowest BCUT2D eigenvalue weighted by molar-refractivity contribution is 0.0950. The van der Waals surface area contributed by atoms with E-state index in [9.17, 15) is 4.79 Å². The largest absolute Gasteiger partial charge is 0.352 e. The van der Waals surface area contributed by atoms with E-state index in [2.05, 4.69) is 17.3 Å². The Kier molecular flexibility index (Phi) is 12.1. The number of nitrogens with zero attached hydrogens (tertiary/aromatic N) is 1. The predicted octanol–water partition coefficient (Wildman–Crippen LogP) is 3.37. The lowest BCUT2D eigenvalue weighted by Gasteiger charge is -2.31. The molecule has 1 amide bonds. The highest BCUT2D eigenvalue weighted by molar-refractivity contribution is 5.94. The van der Waals surface area contributed by atoms with Gasteiger partial charge in [0.1, 0.15) is 0 Å². The first kappa shape index (κ1) is 23.2. The minimum atomic E-state index is 0. The summed E-state index contributed by atoms with van der Waals surface area (Å²) in [6.45, 7) is 2.29. The Labute approximate surface area is 158 Å². The van der Waals surface area contributed by atoms with Crippen LogP contribution < -0.4 is 11.1 Å². The predicted molar refractivity (Wildman–Crippen MR) is 105 cm³/mol. The minimum absolute atomic E-state index is 0. The molecule has 4 nitrogen and oxygen atoms in total. The molecule has 2 rings (SSSR count). The topological polar surface area (TPSA) is 58.4 Å². The summed E-state index contributed by atoms with van der Waals surface area (Å²) in [7, 11) is 2.21. The summed E-state index contributed by atoms with van der Waals surface area (Å²) in [6.07, 6.45) is 7.78. The van der Waals surface area contributed by atoms with Crippen LogP contribution in [-0.2, 0) is 6.54 Å². The number of hydrogen-bond acceptors (Lipinski definition) is 3. The van der Waals surface area contributed by atoms with Crippen LogP contribution in [0.5, 0.6) is 0 Å². The van der Waals surface area contributed by atoms with Gasteiger partial charge in [-0.25, -0.2) is 0 Å². The fourth-order valence-electron chi connectivity index (χ4n) is 3.13. The van der Waals surface area contributed by atoms with Gasteiger partial charge in [0.25, 0.3) is 5.91 Å². The van der Waals surface area contributed by atoms with E-state index >= 15 is 0 Å². The number of hydrogen-bond donors (Lipinski definition) is 2. The van der Waals surface area contributed by atoms with Crippen molar-refractivity contribution in [3.05, 3.63) is 35.4 Å². The zero-order valence-corrected chi connectivity index (χ0v) is 16.1. The van der Waals surface area contributed by atoms with Crippen LogP contribution in [-0.4, -0.2) is 37.0 Å². The van der Waals surface area contributed by atoms with Crippen LogP contribution in [0.1, 0.15) is 54.4 Å². The maximum Gasteiger partial charge on any atom is 0.251 e. The molecule has 0 spiro atoms. The number of halogens is 2. The molecule has 1 aliphatic carbocycles. The van der Waals surface area contributed by atoms with Crippen LogP contribution >= 0.6 is 24.8 Å². The first-order valence-corrected chi connectivity index (χ1v) is 8.48. The molecule has 1 aromatic carbocycles. The molecule has 1 aliphatic rings. The molecular weight excluding hydrogens is 345 g/mol. The summed E-state index contributed by atoms with van der Waals surface area (Å²) < 4.78 is 0. The van der Waals surface area contributed by atoms with Gasteiger partial charge in [0, 0.05) is 24.7 Å². The Balaban J connectivity index is 0.00000264. The van der Waals surface area contributed by atoms with E-state index in [1.807, 2.05) is 24.3 Å². The molecule has 0 aromatic heterocycles. The second kappa shape index (κ2) is 12.5. The average molecular weight is 376 g/mol. The van der Waals surface area contributed by atoms with Crippen LogP contribution in [0.15, 0.2) is 24.3 Å². The highest BCUT2D eigenvalue weighted by atomic mass is 35.5. The van der Waals surface area contributed by atoms with Gasteiger partial charge in [0.15, 0.2) is 0 Å². The Morgan fingerprint density at radius 2 is 1.79 bits per heavy atom. The molecule has 0 heterocycles. The maximum atomic E-state index is 12.0. The number of carbonyl (C=O) groups is 1. The Morgan fingerprint density at radius 1 is 1.17 bits per heavy atom. The van der Waals surface area contributed by atoms with Gasteiger partial charge in [-0.15, -0.1) is 24.8 Å². The van der Waals surface area contributed by atoms with Crippen molar-refractivity contribution in [3.63, 3.8) is 0 Å².